The Morgan fingerprint density at radius 1 is 1.50 bits per heavy atom. The summed E-state index contributed by atoms with van der Waals surface area (Å²) in [5.74, 6) is 0. The van der Waals surface area contributed by atoms with Gasteiger partial charge in [-0.05, 0) is 13.8 Å². The molecule has 6 heteroatoms. The average molecular weight is 190 g/mol. The molecule has 12 heavy (non-hydrogen) atoms. The number of aromatic nitrogens is 2. The summed E-state index contributed by atoms with van der Waals surface area (Å²) in [5.41, 5.74) is 0. The Bertz CT molecular complexity index is 328. The number of hydrogen-bond donors (Lipinski definition) is 0. The van der Waals surface area contributed by atoms with E-state index in [0.717, 1.165) is 3.97 Å². The molecule has 0 radical (unpaired) electrons. The molecule has 0 aromatic carbocycles. The van der Waals surface area contributed by atoms with Crippen molar-refractivity contribution in [3.05, 3.63) is 18.7 Å². The van der Waals surface area contributed by atoms with E-state index in [4.69, 9.17) is 0 Å². The highest BCUT2D eigenvalue weighted by Crippen LogP contribution is 2.02. The van der Waals surface area contributed by atoms with Gasteiger partial charge in [-0.3, -0.25) is 4.18 Å². The second-order valence-electron chi connectivity index (χ2n) is 2.50. The Morgan fingerprint density at radius 2 is 2.17 bits per heavy atom. The van der Waals surface area contributed by atoms with Crippen LogP contribution >= 0.6 is 0 Å². The lowest BCUT2D eigenvalue weighted by atomic mass is 10.5. The van der Waals surface area contributed by atoms with Gasteiger partial charge in [0.1, 0.15) is 6.33 Å². The van der Waals surface area contributed by atoms with Gasteiger partial charge in [-0.15, -0.1) is 0 Å². The highest BCUT2D eigenvalue weighted by Gasteiger charge is 2.14. The van der Waals surface area contributed by atoms with Crippen LogP contribution in [0.2, 0.25) is 0 Å². The predicted octanol–water partition coefficient (Wildman–Crippen LogP) is 0.401. The van der Waals surface area contributed by atoms with Crippen molar-refractivity contribution < 1.29 is 12.6 Å². The topological polar surface area (TPSA) is 61.2 Å². The van der Waals surface area contributed by atoms with Crippen molar-refractivity contribution in [1.29, 1.82) is 0 Å². The molecule has 1 heterocycles. The van der Waals surface area contributed by atoms with Gasteiger partial charge in [0.15, 0.2) is 0 Å². The lowest BCUT2D eigenvalue weighted by molar-refractivity contribution is 0.245. The average Bonchev–Trinajstić information content (AvgIpc) is 2.32. The van der Waals surface area contributed by atoms with E-state index in [1.807, 2.05) is 0 Å². The van der Waals surface area contributed by atoms with Crippen LogP contribution in [0.5, 0.6) is 0 Å². The minimum Gasteiger partial charge on any atom is -0.251 e. The second kappa shape index (κ2) is 3.24. The van der Waals surface area contributed by atoms with Gasteiger partial charge in [0, 0.05) is 12.4 Å². The van der Waals surface area contributed by atoms with E-state index in [9.17, 15) is 8.42 Å². The number of imidazole rings is 1. The molecule has 0 atom stereocenters. The molecule has 68 valence electrons. The first-order valence-electron chi connectivity index (χ1n) is 3.44. The van der Waals surface area contributed by atoms with Crippen molar-refractivity contribution in [2.24, 2.45) is 0 Å². The van der Waals surface area contributed by atoms with Crippen molar-refractivity contribution >= 4 is 10.3 Å². The summed E-state index contributed by atoms with van der Waals surface area (Å²) >= 11 is 0. The first kappa shape index (κ1) is 9.21. The Labute approximate surface area is 71.2 Å². The minimum atomic E-state index is -3.66. The first-order chi connectivity index (χ1) is 5.52. The van der Waals surface area contributed by atoms with E-state index < -0.39 is 10.3 Å². The molecular formula is C6H10N2O3S. The summed E-state index contributed by atoms with van der Waals surface area (Å²) in [5, 5.41) is 0. The van der Waals surface area contributed by atoms with Crippen molar-refractivity contribution in [3.8, 4) is 0 Å². The van der Waals surface area contributed by atoms with E-state index in [1.165, 1.54) is 18.7 Å². The van der Waals surface area contributed by atoms with Gasteiger partial charge >= 0.3 is 10.3 Å². The Hall–Kier alpha value is -0.880. The van der Waals surface area contributed by atoms with Gasteiger partial charge in [-0.2, -0.15) is 8.42 Å². The molecule has 0 saturated heterocycles. The summed E-state index contributed by atoms with van der Waals surface area (Å²) in [4.78, 5) is 3.60. The molecule has 0 spiro atoms. The Kier molecular flexibility index (Phi) is 2.49. The van der Waals surface area contributed by atoms with Crippen LogP contribution in [0, 0.1) is 0 Å². The van der Waals surface area contributed by atoms with Crippen LogP contribution in [-0.4, -0.2) is 23.5 Å². The minimum absolute atomic E-state index is 0.364. The molecule has 0 N–H and O–H groups in total. The lowest BCUT2D eigenvalue weighted by Gasteiger charge is -2.07. The van der Waals surface area contributed by atoms with E-state index in [0.29, 0.717) is 0 Å². The third-order valence-corrected chi connectivity index (χ3v) is 2.41. The fraction of sp³-hybridized carbons (Fsp3) is 0.500. The first-order valence-corrected chi connectivity index (χ1v) is 4.80. The van der Waals surface area contributed by atoms with E-state index >= 15 is 0 Å². The zero-order chi connectivity index (χ0) is 9.19. The maximum absolute atomic E-state index is 11.2. The van der Waals surface area contributed by atoms with Crippen LogP contribution < -0.4 is 0 Å². The SMILES string of the molecule is CC(C)OS(=O)(=O)n1ccnc1. The van der Waals surface area contributed by atoms with Gasteiger partial charge in [0.2, 0.25) is 0 Å². The number of nitrogens with zero attached hydrogens (tertiary/aromatic N) is 2. The lowest BCUT2D eigenvalue weighted by Crippen LogP contribution is -2.18. The molecule has 0 amide bonds. The fourth-order valence-electron chi connectivity index (χ4n) is 0.672. The molecule has 1 rings (SSSR count). The fourth-order valence-corrected chi connectivity index (χ4v) is 1.63. The van der Waals surface area contributed by atoms with Crippen LogP contribution in [0.4, 0.5) is 0 Å². The smallest absolute Gasteiger partial charge is 0.251 e. The second-order valence-corrected chi connectivity index (χ2v) is 3.96. The molecule has 0 aliphatic carbocycles. The Morgan fingerprint density at radius 3 is 2.58 bits per heavy atom. The number of hydrogen-bond acceptors (Lipinski definition) is 4. The predicted molar refractivity (Wildman–Crippen MR) is 42.8 cm³/mol. The quantitative estimate of drug-likeness (QED) is 0.692. The van der Waals surface area contributed by atoms with Crippen LogP contribution in [0.1, 0.15) is 13.8 Å². The van der Waals surface area contributed by atoms with Crippen molar-refractivity contribution in [1.82, 2.24) is 8.96 Å². The summed E-state index contributed by atoms with van der Waals surface area (Å²) in [6.07, 6.45) is 3.51. The van der Waals surface area contributed by atoms with Crippen LogP contribution in [0.3, 0.4) is 0 Å². The molecule has 0 saturated carbocycles. The summed E-state index contributed by atoms with van der Waals surface area (Å²) in [6.45, 7) is 3.29. The third-order valence-electron chi connectivity index (χ3n) is 1.05. The molecule has 0 unspecified atom stereocenters. The van der Waals surface area contributed by atoms with Crippen LogP contribution in [0.25, 0.3) is 0 Å². The maximum Gasteiger partial charge on any atom is 0.367 e. The highest BCUT2D eigenvalue weighted by molar-refractivity contribution is 7.85. The Balaban J connectivity index is 2.88. The van der Waals surface area contributed by atoms with E-state index in [-0.39, 0.29) is 6.10 Å². The van der Waals surface area contributed by atoms with E-state index in [2.05, 4.69) is 9.17 Å². The molecule has 0 aliphatic rings. The summed E-state index contributed by atoms with van der Waals surface area (Å²) < 4.78 is 28.0. The molecule has 5 nitrogen and oxygen atoms in total. The summed E-state index contributed by atoms with van der Waals surface area (Å²) in [6, 6.07) is 0. The molecule has 1 aromatic rings. The van der Waals surface area contributed by atoms with Gasteiger partial charge < -0.3 is 0 Å². The number of rotatable bonds is 3. The molecule has 0 aliphatic heterocycles. The monoisotopic (exact) mass is 190 g/mol. The maximum atomic E-state index is 11.2. The normalized spacial score (nSPS) is 12.2. The molecule has 0 bridgehead atoms. The zero-order valence-corrected chi connectivity index (χ0v) is 7.65. The van der Waals surface area contributed by atoms with Crippen molar-refractivity contribution in [2.45, 2.75) is 20.0 Å². The largest absolute Gasteiger partial charge is 0.367 e. The summed E-state index contributed by atoms with van der Waals surface area (Å²) in [7, 11) is -3.66. The van der Waals surface area contributed by atoms with Crippen molar-refractivity contribution in [2.75, 3.05) is 0 Å². The molecular weight excluding hydrogens is 180 g/mol. The van der Waals surface area contributed by atoms with Crippen molar-refractivity contribution in [3.63, 3.8) is 0 Å². The van der Waals surface area contributed by atoms with Gasteiger partial charge in [0.05, 0.1) is 6.10 Å². The van der Waals surface area contributed by atoms with Gasteiger partial charge in [-0.25, -0.2) is 8.96 Å². The third kappa shape index (κ3) is 2.05. The standard InChI is InChI=1S/C6H10N2O3S/c1-6(2)11-12(9,10)8-4-3-7-5-8/h3-6H,1-2H3. The molecule has 0 fully saturated rings. The van der Waals surface area contributed by atoms with Gasteiger partial charge in [0.25, 0.3) is 0 Å². The molecule has 1 aromatic heterocycles. The highest BCUT2D eigenvalue weighted by atomic mass is 32.2. The van der Waals surface area contributed by atoms with E-state index in [1.54, 1.807) is 13.8 Å². The van der Waals surface area contributed by atoms with Crippen LogP contribution in [0.15, 0.2) is 18.7 Å². The van der Waals surface area contributed by atoms with Crippen LogP contribution in [-0.2, 0) is 14.5 Å². The zero-order valence-electron chi connectivity index (χ0n) is 6.84. The van der Waals surface area contributed by atoms with Gasteiger partial charge in [-0.1, -0.05) is 0 Å².